The Bertz CT molecular complexity index is 3630. The number of non-ortho nitro benzene ring substituents is 1. The summed E-state index contributed by atoms with van der Waals surface area (Å²) in [6.45, 7) is 17.0. The van der Waals surface area contributed by atoms with E-state index < -0.39 is 0 Å². The minimum atomic E-state index is -0.353. The molecular weight excluding hydrogens is 803 g/mol. The van der Waals surface area contributed by atoms with Crippen LogP contribution in [0.3, 0.4) is 0 Å². The minimum absolute atomic E-state index is 0.0973. The second-order valence-electron chi connectivity index (χ2n) is 18.3. The van der Waals surface area contributed by atoms with Crippen LogP contribution >= 0.6 is 0 Å². The summed E-state index contributed by atoms with van der Waals surface area (Å²) in [6, 6.07) is 49.2. The van der Waals surface area contributed by atoms with E-state index in [9.17, 15) is 10.1 Å². The number of hydrogen-bond donors (Lipinski definition) is 0. The maximum absolute atomic E-state index is 12.8. The van der Waals surface area contributed by atoms with Crippen LogP contribution in [0.4, 0.5) is 39.8 Å². The van der Waals surface area contributed by atoms with E-state index in [-0.39, 0.29) is 16.2 Å². The van der Waals surface area contributed by atoms with Crippen molar-refractivity contribution in [3.63, 3.8) is 0 Å². The molecule has 318 valence electrons. The van der Waals surface area contributed by atoms with E-state index in [4.69, 9.17) is 8.83 Å². The molecule has 0 fully saturated rings. The highest BCUT2D eigenvalue weighted by molar-refractivity contribution is 6.26. The molecule has 0 N–H and O–H groups in total. The molecule has 11 aromatic rings. The maximum Gasteiger partial charge on any atom is 0.313 e. The topological polar surface area (TPSA) is 75.9 Å². The molecule has 7 nitrogen and oxygen atoms in total. The van der Waals surface area contributed by atoms with Gasteiger partial charge in [-0.2, -0.15) is 0 Å². The quantitative estimate of drug-likeness (QED) is 0.117. The van der Waals surface area contributed by atoms with E-state index in [1.54, 1.807) is 6.07 Å². The molecule has 65 heavy (non-hydrogen) atoms. The molecule has 0 saturated carbocycles. The minimum Gasteiger partial charge on any atom is -0.455 e. The molecule has 2 heterocycles. The number of anilines is 6. The summed E-state index contributed by atoms with van der Waals surface area (Å²) in [4.78, 5) is 17.1. The molecule has 0 radical (unpaired) electrons. The third-order valence-corrected chi connectivity index (χ3v) is 12.6. The fraction of sp³-hybridized carbons (Fsp3) is 0.138. The van der Waals surface area contributed by atoms with Gasteiger partial charge in [-0.3, -0.25) is 10.1 Å². The summed E-state index contributed by atoms with van der Waals surface area (Å²) < 4.78 is 13.3. The first-order valence-electron chi connectivity index (χ1n) is 22.0. The average Bonchev–Trinajstić information content (AvgIpc) is 3.77. The summed E-state index contributed by atoms with van der Waals surface area (Å²) in [6.07, 6.45) is 0. The zero-order valence-electron chi connectivity index (χ0n) is 37.8. The van der Waals surface area contributed by atoms with Crippen molar-refractivity contribution in [1.29, 1.82) is 0 Å². The van der Waals surface area contributed by atoms with Gasteiger partial charge in [0, 0.05) is 56.3 Å². The van der Waals surface area contributed by atoms with Gasteiger partial charge in [-0.25, -0.2) is 0 Å². The number of rotatable bonds is 7. The van der Waals surface area contributed by atoms with Gasteiger partial charge in [0.25, 0.3) is 0 Å². The lowest BCUT2D eigenvalue weighted by Gasteiger charge is -2.27. The first-order valence-corrected chi connectivity index (χ1v) is 22.0. The van der Waals surface area contributed by atoms with Gasteiger partial charge in [-0.15, -0.1) is 0 Å². The Balaban J connectivity index is 1.08. The van der Waals surface area contributed by atoms with Crippen molar-refractivity contribution in [2.75, 3.05) is 9.80 Å². The molecule has 0 amide bonds. The SMILES string of the molecule is Cc1cc(C)cc(N(c2cc(C)cc(C)c2)c2ccc3cc4c(cc3c2)oc2c4cc([N+](=O)[O-])c3oc4cc5cc(N(c6cc(C)cc(C)c6)c6cc(C)cc(C)c6)ccc5cc4c32)c1. The van der Waals surface area contributed by atoms with Crippen molar-refractivity contribution in [2.24, 2.45) is 0 Å². The van der Waals surface area contributed by atoms with Crippen LogP contribution < -0.4 is 9.80 Å². The van der Waals surface area contributed by atoms with Gasteiger partial charge in [-0.1, -0.05) is 36.4 Å². The Kier molecular flexibility index (Phi) is 9.12. The maximum atomic E-state index is 12.8. The Hall–Kier alpha value is -7.90. The van der Waals surface area contributed by atoms with Crippen LogP contribution in [0.5, 0.6) is 0 Å². The van der Waals surface area contributed by atoms with Gasteiger partial charge in [0.1, 0.15) is 16.7 Å². The van der Waals surface area contributed by atoms with Crippen molar-refractivity contribution in [3.8, 4) is 0 Å². The van der Waals surface area contributed by atoms with Gasteiger partial charge in [0.15, 0.2) is 0 Å². The fourth-order valence-corrected chi connectivity index (χ4v) is 10.2. The van der Waals surface area contributed by atoms with Gasteiger partial charge >= 0.3 is 5.69 Å². The number of nitro groups is 1. The van der Waals surface area contributed by atoms with Gasteiger partial charge < -0.3 is 18.6 Å². The van der Waals surface area contributed by atoms with Crippen LogP contribution in [0.25, 0.3) is 65.4 Å². The third-order valence-electron chi connectivity index (χ3n) is 12.6. The summed E-state index contributed by atoms with van der Waals surface area (Å²) in [7, 11) is 0. The number of fused-ring (bicyclic) bond motifs is 9. The summed E-state index contributed by atoms with van der Waals surface area (Å²) in [5, 5.41) is 19.6. The number of hydrogen-bond acceptors (Lipinski definition) is 6. The number of benzene rings is 9. The molecule has 11 rings (SSSR count). The number of nitrogens with zero attached hydrogens (tertiary/aromatic N) is 3. The Morgan fingerprint density at radius 1 is 0.369 bits per heavy atom. The molecule has 0 spiro atoms. The molecule has 0 unspecified atom stereocenters. The van der Waals surface area contributed by atoms with Gasteiger partial charge in [-0.05, 0) is 219 Å². The average molecular weight is 850 g/mol. The number of furan rings is 2. The van der Waals surface area contributed by atoms with E-state index in [0.29, 0.717) is 27.5 Å². The second-order valence-corrected chi connectivity index (χ2v) is 18.3. The molecule has 0 bridgehead atoms. The van der Waals surface area contributed by atoms with Crippen LogP contribution in [0, 0.1) is 65.5 Å². The molecular formula is C58H47N3O4. The van der Waals surface area contributed by atoms with Crippen LogP contribution in [-0.2, 0) is 0 Å². The van der Waals surface area contributed by atoms with Crippen molar-refractivity contribution < 1.29 is 13.8 Å². The molecule has 9 aromatic carbocycles. The normalized spacial score (nSPS) is 11.8. The van der Waals surface area contributed by atoms with Crippen molar-refractivity contribution in [1.82, 2.24) is 0 Å². The predicted molar refractivity (Wildman–Crippen MR) is 270 cm³/mol. The lowest BCUT2D eigenvalue weighted by molar-refractivity contribution is -0.383. The van der Waals surface area contributed by atoms with Crippen molar-refractivity contribution >= 4 is 105 Å². The first kappa shape index (κ1) is 39.9. The Labute approximate surface area is 376 Å². The number of nitro benzene ring substituents is 1. The summed E-state index contributed by atoms with van der Waals surface area (Å²) >= 11 is 0. The molecule has 7 heteroatoms. The summed E-state index contributed by atoms with van der Waals surface area (Å²) in [5.41, 5.74) is 17.7. The standard InChI is InChI=1S/C58H47N3O4/c1-32-13-33(2)18-46(17-32)59(47-19-34(3)14-35(4)20-47)44-11-9-40-27-50-51-31-53(61(62)63)58-56(57(51)64-54(50)29-42(40)25-44)52-28-41-10-12-45(26-43(41)30-55(52)65-58)60(48-21-36(5)15-37(6)22-48)49-23-38(7)16-39(8)24-49/h9-31H,1-8H3. The second kappa shape index (κ2) is 14.8. The zero-order chi connectivity index (χ0) is 45.0. The van der Waals surface area contributed by atoms with Crippen molar-refractivity contribution in [3.05, 3.63) is 194 Å². The van der Waals surface area contributed by atoms with Crippen LogP contribution in [0.1, 0.15) is 44.5 Å². The van der Waals surface area contributed by atoms with Crippen LogP contribution in [0.2, 0.25) is 0 Å². The molecule has 0 aliphatic heterocycles. The van der Waals surface area contributed by atoms with Crippen LogP contribution in [-0.4, -0.2) is 4.92 Å². The Morgan fingerprint density at radius 3 is 1.14 bits per heavy atom. The predicted octanol–water partition coefficient (Wildman–Crippen LogP) is 17.1. The van der Waals surface area contributed by atoms with Gasteiger partial charge in [0.05, 0.1) is 10.3 Å². The Morgan fingerprint density at radius 2 is 0.738 bits per heavy atom. The molecule has 0 aliphatic rings. The lowest BCUT2D eigenvalue weighted by Crippen LogP contribution is -2.11. The van der Waals surface area contributed by atoms with E-state index in [1.807, 2.05) is 6.07 Å². The monoisotopic (exact) mass is 849 g/mol. The highest BCUT2D eigenvalue weighted by Gasteiger charge is 2.27. The highest BCUT2D eigenvalue weighted by atomic mass is 16.6. The third kappa shape index (κ3) is 6.91. The van der Waals surface area contributed by atoms with Gasteiger partial charge in [0.2, 0.25) is 5.58 Å². The van der Waals surface area contributed by atoms with Crippen molar-refractivity contribution in [2.45, 2.75) is 55.4 Å². The highest BCUT2D eigenvalue weighted by Crippen LogP contribution is 2.47. The largest absolute Gasteiger partial charge is 0.455 e. The number of aryl methyl sites for hydroxylation is 8. The fourth-order valence-electron chi connectivity index (χ4n) is 10.2. The summed E-state index contributed by atoms with van der Waals surface area (Å²) in [5.74, 6) is 0. The van der Waals surface area contributed by atoms with E-state index in [0.717, 1.165) is 66.4 Å². The zero-order valence-corrected chi connectivity index (χ0v) is 37.8. The van der Waals surface area contributed by atoms with Crippen LogP contribution in [0.15, 0.2) is 148 Å². The smallest absolute Gasteiger partial charge is 0.313 e. The molecule has 0 atom stereocenters. The van der Waals surface area contributed by atoms with E-state index in [2.05, 4.69) is 193 Å². The van der Waals surface area contributed by atoms with E-state index in [1.165, 1.54) is 44.5 Å². The molecule has 0 aliphatic carbocycles. The first-order chi connectivity index (χ1) is 31.2. The molecule has 2 aromatic heterocycles. The van der Waals surface area contributed by atoms with E-state index >= 15 is 0 Å². The lowest BCUT2D eigenvalue weighted by atomic mass is 10.0. The molecule has 0 saturated heterocycles.